The Bertz CT molecular complexity index is 854. The third kappa shape index (κ3) is 3.64. The number of hydrogen-bond acceptors (Lipinski definition) is 4. The lowest BCUT2D eigenvalue weighted by molar-refractivity contribution is -0.0670. The molecule has 4 rings (SSSR count). The van der Waals surface area contributed by atoms with Crippen LogP contribution in [0.3, 0.4) is 0 Å². The minimum Gasteiger partial charge on any atom is -0.378 e. The number of para-hydroxylation sites is 1. The fourth-order valence-electron chi connectivity index (χ4n) is 4.17. The Morgan fingerprint density at radius 2 is 1.96 bits per heavy atom. The Hall–Kier alpha value is -2.18. The van der Waals surface area contributed by atoms with Crippen molar-refractivity contribution in [3.63, 3.8) is 0 Å². The molecule has 1 aromatic heterocycles. The van der Waals surface area contributed by atoms with Gasteiger partial charge in [0.1, 0.15) is 0 Å². The molecule has 2 unspecified atom stereocenters. The van der Waals surface area contributed by atoms with Crippen LogP contribution in [0.4, 0.5) is 0 Å². The number of amides is 1. The topological polar surface area (TPSA) is 59.4 Å². The molecule has 2 aromatic rings. The first-order chi connectivity index (χ1) is 13.0. The maximum Gasteiger partial charge on any atom is 0.272 e. The van der Waals surface area contributed by atoms with Crippen molar-refractivity contribution in [2.24, 2.45) is 0 Å². The van der Waals surface area contributed by atoms with Crippen molar-refractivity contribution in [1.82, 2.24) is 20.0 Å². The minimum absolute atomic E-state index is 0.0734. The summed E-state index contributed by atoms with van der Waals surface area (Å²) in [5.74, 6) is -0.0734. The molecule has 0 saturated carbocycles. The van der Waals surface area contributed by atoms with Crippen LogP contribution in [0.15, 0.2) is 35.9 Å². The molecule has 2 atom stereocenters. The van der Waals surface area contributed by atoms with E-state index in [1.165, 1.54) is 5.57 Å². The second-order valence-corrected chi connectivity index (χ2v) is 7.98. The van der Waals surface area contributed by atoms with Gasteiger partial charge in [-0.05, 0) is 39.8 Å². The number of nitrogens with zero attached hydrogens (tertiary/aromatic N) is 3. The van der Waals surface area contributed by atoms with Crippen molar-refractivity contribution in [2.75, 3.05) is 20.3 Å². The number of morpholine rings is 1. The maximum atomic E-state index is 13.0. The van der Waals surface area contributed by atoms with Crippen LogP contribution in [0.2, 0.25) is 0 Å². The van der Waals surface area contributed by atoms with Gasteiger partial charge in [-0.2, -0.15) is 5.10 Å². The Morgan fingerprint density at radius 3 is 2.67 bits per heavy atom. The number of ether oxygens (including phenoxy) is 1. The molecule has 3 heterocycles. The first kappa shape index (κ1) is 18.2. The van der Waals surface area contributed by atoms with Gasteiger partial charge in [0.2, 0.25) is 0 Å². The molecule has 0 spiro atoms. The number of piperidine rings is 1. The van der Waals surface area contributed by atoms with Crippen molar-refractivity contribution in [3.05, 3.63) is 41.6 Å². The van der Waals surface area contributed by atoms with Gasteiger partial charge in [-0.3, -0.25) is 14.4 Å². The molecule has 1 aromatic carbocycles. The summed E-state index contributed by atoms with van der Waals surface area (Å²) in [7, 11) is 2.16. The number of allylic oxidation sites excluding steroid dienone is 2. The van der Waals surface area contributed by atoms with E-state index in [0.29, 0.717) is 24.3 Å². The van der Waals surface area contributed by atoms with Gasteiger partial charge in [0.25, 0.3) is 5.91 Å². The zero-order chi connectivity index (χ0) is 19.0. The summed E-state index contributed by atoms with van der Waals surface area (Å²) in [4.78, 5) is 15.4. The SMILES string of the molecule is CC(C)=CCn1nc(C(=O)NC2CC3COCC(C2)N3C)c2ccccc21. The molecule has 6 heteroatoms. The number of likely N-dealkylation sites (N-methyl/N-ethyl adjacent to an activating group) is 1. The Labute approximate surface area is 160 Å². The van der Waals surface area contributed by atoms with Crippen LogP contribution in [0, 0.1) is 0 Å². The standard InChI is InChI=1S/C21H28N4O2/c1-14(2)8-9-25-19-7-5-4-6-18(19)20(23-25)21(26)22-15-10-16-12-27-13-17(11-15)24(16)3/h4-8,15-17H,9-13H2,1-3H3,(H,22,26). The summed E-state index contributed by atoms with van der Waals surface area (Å²) in [6.45, 7) is 6.31. The highest BCUT2D eigenvalue weighted by atomic mass is 16.5. The van der Waals surface area contributed by atoms with Gasteiger partial charge in [-0.1, -0.05) is 29.8 Å². The second-order valence-electron chi connectivity index (χ2n) is 7.98. The molecule has 6 nitrogen and oxygen atoms in total. The number of carbonyl (C=O) groups is 1. The van der Waals surface area contributed by atoms with Crippen molar-refractivity contribution < 1.29 is 9.53 Å². The smallest absolute Gasteiger partial charge is 0.272 e. The van der Waals surface area contributed by atoms with Gasteiger partial charge >= 0.3 is 0 Å². The highest BCUT2D eigenvalue weighted by molar-refractivity contribution is 6.05. The van der Waals surface area contributed by atoms with E-state index < -0.39 is 0 Å². The fourth-order valence-corrected chi connectivity index (χ4v) is 4.17. The molecule has 27 heavy (non-hydrogen) atoms. The lowest BCUT2D eigenvalue weighted by Gasteiger charge is -2.46. The summed E-state index contributed by atoms with van der Waals surface area (Å²) in [5.41, 5.74) is 2.75. The monoisotopic (exact) mass is 368 g/mol. The van der Waals surface area contributed by atoms with E-state index >= 15 is 0 Å². The molecule has 1 N–H and O–H groups in total. The van der Waals surface area contributed by atoms with E-state index in [1.807, 2.05) is 28.9 Å². The molecule has 2 aliphatic rings. The van der Waals surface area contributed by atoms with Crippen LogP contribution >= 0.6 is 0 Å². The van der Waals surface area contributed by atoms with Gasteiger partial charge in [0, 0.05) is 23.5 Å². The van der Waals surface area contributed by atoms with E-state index in [2.05, 4.69) is 42.3 Å². The lowest BCUT2D eigenvalue weighted by atomic mass is 9.90. The average Bonchev–Trinajstić information content (AvgIpc) is 3.00. The van der Waals surface area contributed by atoms with Crippen LogP contribution in [0.1, 0.15) is 37.2 Å². The third-order valence-electron chi connectivity index (χ3n) is 5.77. The molecule has 0 aliphatic carbocycles. The largest absolute Gasteiger partial charge is 0.378 e. The van der Waals surface area contributed by atoms with Crippen LogP contribution in [-0.2, 0) is 11.3 Å². The number of aromatic nitrogens is 2. The van der Waals surface area contributed by atoms with Crippen LogP contribution in [-0.4, -0.2) is 59.0 Å². The molecule has 0 radical (unpaired) electrons. The van der Waals surface area contributed by atoms with E-state index in [0.717, 1.165) is 37.0 Å². The summed E-state index contributed by atoms with van der Waals surface area (Å²) in [6.07, 6.45) is 3.98. The molecule has 2 bridgehead atoms. The first-order valence-electron chi connectivity index (χ1n) is 9.72. The summed E-state index contributed by atoms with van der Waals surface area (Å²) < 4.78 is 7.59. The summed E-state index contributed by atoms with van der Waals surface area (Å²) >= 11 is 0. The highest BCUT2D eigenvalue weighted by Gasteiger charge is 2.37. The molecule has 2 saturated heterocycles. The Balaban J connectivity index is 1.55. The number of benzene rings is 1. The fraction of sp³-hybridized carbons (Fsp3) is 0.524. The predicted molar refractivity (Wildman–Crippen MR) is 106 cm³/mol. The quantitative estimate of drug-likeness (QED) is 0.843. The highest BCUT2D eigenvalue weighted by Crippen LogP contribution is 2.27. The Morgan fingerprint density at radius 1 is 1.26 bits per heavy atom. The number of hydrogen-bond donors (Lipinski definition) is 1. The number of rotatable bonds is 4. The van der Waals surface area contributed by atoms with Gasteiger partial charge in [0.05, 0.1) is 25.3 Å². The Kier molecular flexibility index (Phi) is 5.02. The predicted octanol–water partition coefficient (Wildman–Crippen LogP) is 2.59. The maximum absolute atomic E-state index is 13.0. The van der Waals surface area contributed by atoms with Crippen molar-refractivity contribution >= 4 is 16.8 Å². The van der Waals surface area contributed by atoms with Crippen LogP contribution in [0.25, 0.3) is 10.9 Å². The molecule has 2 fully saturated rings. The van der Waals surface area contributed by atoms with E-state index in [9.17, 15) is 4.79 Å². The first-order valence-corrected chi connectivity index (χ1v) is 9.72. The van der Waals surface area contributed by atoms with Crippen molar-refractivity contribution in [3.8, 4) is 0 Å². The normalized spacial score (nSPS) is 25.4. The number of nitrogens with one attached hydrogen (secondary N) is 1. The zero-order valence-corrected chi connectivity index (χ0v) is 16.3. The zero-order valence-electron chi connectivity index (χ0n) is 16.3. The summed E-state index contributed by atoms with van der Waals surface area (Å²) in [5, 5.41) is 8.79. The van der Waals surface area contributed by atoms with Gasteiger partial charge in [-0.15, -0.1) is 0 Å². The van der Waals surface area contributed by atoms with Gasteiger partial charge in [-0.25, -0.2) is 0 Å². The lowest BCUT2D eigenvalue weighted by Crippen LogP contribution is -2.59. The number of carbonyl (C=O) groups excluding carboxylic acids is 1. The van der Waals surface area contributed by atoms with Gasteiger partial charge < -0.3 is 10.1 Å². The second kappa shape index (κ2) is 7.44. The van der Waals surface area contributed by atoms with E-state index in [1.54, 1.807) is 0 Å². The van der Waals surface area contributed by atoms with Crippen molar-refractivity contribution in [1.29, 1.82) is 0 Å². The third-order valence-corrected chi connectivity index (χ3v) is 5.77. The molecular weight excluding hydrogens is 340 g/mol. The van der Waals surface area contributed by atoms with E-state index in [4.69, 9.17) is 4.74 Å². The average molecular weight is 368 g/mol. The van der Waals surface area contributed by atoms with Crippen molar-refractivity contribution in [2.45, 2.75) is 51.4 Å². The molecular formula is C21H28N4O2. The minimum atomic E-state index is -0.0734. The number of fused-ring (bicyclic) bond motifs is 3. The van der Waals surface area contributed by atoms with Gasteiger partial charge in [0.15, 0.2) is 5.69 Å². The molecule has 1 amide bonds. The van der Waals surface area contributed by atoms with Crippen LogP contribution < -0.4 is 5.32 Å². The van der Waals surface area contributed by atoms with Crippen LogP contribution in [0.5, 0.6) is 0 Å². The molecule has 144 valence electrons. The summed E-state index contributed by atoms with van der Waals surface area (Å²) in [6, 6.07) is 8.90. The van der Waals surface area contributed by atoms with E-state index in [-0.39, 0.29) is 11.9 Å². The molecule has 2 aliphatic heterocycles.